The summed E-state index contributed by atoms with van der Waals surface area (Å²) in [6.07, 6.45) is 5.11. The van der Waals surface area contributed by atoms with E-state index in [4.69, 9.17) is 4.74 Å². The molecule has 2 N–H and O–H groups in total. The Morgan fingerprint density at radius 1 is 0.917 bits per heavy atom. The molecule has 0 aliphatic carbocycles. The van der Waals surface area contributed by atoms with Crippen molar-refractivity contribution in [2.24, 2.45) is 0 Å². The number of para-hydroxylation sites is 1. The quantitative estimate of drug-likeness (QED) is 0.416. The summed E-state index contributed by atoms with van der Waals surface area (Å²) in [4.78, 5) is 51.3. The maximum atomic E-state index is 14.1. The van der Waals surface area contributed by atoms with Crippen LogP contribution < -0.4 is 5.32 Å². The molecule has 12 nitrogen and oxygen atoms in total. The van der Waals surface area contributed by atoms with Crippen LogP contribution in [0, 0.1) is 6.92 Å². The van der Waals surface area contributed by atoms with Crippen molar-refractivity contribution in [2.45, 2.75) is 63.6 Å². The summed E-state index contributed by atoms with van der Waals surface area (Å²) < 4.78 is 6.12. The first-order valence-electron chi connectivity index (χ1n) is 17.6. The molecule has 3 saturated heterocycles. The van der Waals surface area contributed by atoms with Crippen LogP contribution in [0.25, 0.3) is 10.9 Å². The Balaban J connectivity index is 0.996. The highest BCUT2D eigenvalue weighted by molar-refractivity contribution is 5.91. The highest BCUT2D eigenvalue weighted by Crippen LogP contribution is 2.26. The smallest absolute Gasteiger partial charge is 0.410 e. The molecule has 3 fully saturated rings. The Labute approximate surface area is 282 Å². The molecule has 0 unspecified atom stereocenters. The van der Waals surface area contributed by atoms with Crippen molar-refractivity contribution in [2.75, 3.05) is 71.3 Å². The number of nitrogens with one attached hydrogen (secondary N) is 2. The van der Waals surface area contributed by atoms with Gasteiger partial charge in [-0.05, 0) is 88.0 Å². The minimum Gasteiger partial charge on any atom is -0.436 e. The fourth-order valence-electron chi connectivity index (χ4n) is 7.99. The van der Waals surface area contributed by atoms with Gasteiger partial charge in [0, 0.05) is 75.4 Å². The molecule has 48 heavy (non-hydrogen) atoms. The molecule has 1 aromatic heterocycles. The molecule has 0 bridgehead atoms. The highest BCUT2D eigenvalue weighted by atomic mass is 16.6. The molecule has 5 heterocycles. The van der Waals surface area contributed by atoms with Crippen LogP contribution in [0.1, 0.15) is 42.4 Å². The monoisotopic (exact) mass is 656 g/mol. The average molecular weight is 657 g/mol. The van der Waals surface area contributed by atoms with Gasteiger partial charge in [0.25, 0.3) is 5.91 Å². The minimum absolute atomic E-state index is 0.0336. The number of benzene rings is 2. The van der Waals surface area contributed by atoms with Crippen LogP contribution in [0.15, 0.2) is 42.6 Å². The van der Waals surface area contributed by atoms with Crippen molar-refractivity contribution in [1.82, 2.24) is 34.7 Å². The number of urea groups is 1. The van der Waals surface area contributed by atoms with E-state index in [9.17, 15) is 14.4 Å². The second kappa shape index (κ2) is 14.1. The largest absolute Gasteiger partial charge is 0.436 e. The Bertz CT molecular complexity index is 1620. The number of piperazine rings is 1. The van der Waals surface area contributed by atoms with E-state index in [-0.39, 0.29) is 18.0 Å². The van der Waals surface area contributed by atoms with E-state index in [0.29, 0.717) is 58.0 Å². The number of hydrogen-bond donors (Lipinski definition) is 2. The molecular formula is C36H48N8O4. The third kappa shape index (κ3) is 7.00. The first kappa shape index (κ1) is 32.4. The van der Waals surface area contributed by atoms with E-state index in [1.807, 2.05) is 47.1 Å². The van der Waals surface area contributed by atoms with Crippen molar-refractivity contribution in [1.29, 1.82) is 0 Å². The number of ether oxygens (including phenoxy) is 1. The molecule has 4 amide bonds. The Morgan fingerprint density at radius 3 is 2.42 bits per heavy atom. The number of aryl methyl sites for hydroxylation is 1. The van der Waals surface area contributed by atoms with Gasteiger partial charge in [0.2, 0.25) is 0 Å². The van der Waals surface area contributed by atoms with E-state index in [2.05, 4.69) is 38.4 Å². The summed E-state index contributed by atoms with van der Waals surface area (Å²) in [6, 6.07) is 12.5. The Hall–Kier alpha value is -4.16. The number of aromatic amines is 1. The molecule has 2 aromatic carbocycles. The van der Waals surface area contributed by atoms with Gasteiger partial charge in [-0.25, -0.2) is 9.59 Å². The topological polar surface area (TPSA) is 117 Å². The van der Waals surface area contributed by atoms with Crippen LogP contribution in [0.4, 0.5) is 15.3 Å². The number of aromatic nitrogens is 2. The fraction of sp³-hybridized carbons (Fsp3) is 0.556. The number of amides is 4. The molecule has 4 aliphatic heterocycles. The van der Waals surface area contributed by atoms with Gasteiger partial charge in [0.15, 0.2) is 6.10 Å². The van der Waals surface area contributed by atoms with Crippen molar-refractivity contribution < 1.29 is 19.1 Å². The van der Waals surface area contributed by atoms with Crippen molar-refractivity contribution in [3.8, 4) is 0 Å². The average Bonchev–Trinajstić information content (AvgIpc) is 3.52. The van der Waals surface area contributed by atoms with E-state index in [0.717, 1.165) is 78.7 Å². The summed E-state index contributed by atoms with van der Waals surface area (Å²) in [5, 5.41) is 11.3. The highest BCUT2D eigenvalue weighted by Gasteiger charge is 2.36. The van der Waals surface area contributed by atoms with Crippen molar-refractivity contribution >= 4 is 34.6 Å². The second-order valence-electron chi connectivity index (χ2n) is 14.0. The molecule has 256 valence electrons. The van der Waals surface area contributed by atoms with E-state index >= 15 is 0 Å². The second-order valence-corrected chi connectivity index (χ2v) is 14.0. The van der Waals surface area contributed by atoms with Crippen LogP contribution in [-0.4, -0.2) is 137 Å². The van der Waals surface area contributed by atoms with E-state index < -0.39 is 12.2 Å². The summed E-state index contributed by atoms with van der Waals surface area (Å²) >= 11 is 0. The van der Waals surface area contributed by atoms with Crippen LogP contribution in [0.2, 0.25) is 0 Å². The zero-order valence-electron chi connectivity index (χ0n) is 28.2. The van der Waals surface area contributed by atoms with Gasteiger partial charge in [-0.2, -0.15) is 5.10 Å². The van der Waals surface area contributed by atoms with Gasteiger partial charge >= 0.3 is 12.1 Å². The molecule has 0 spiro atoms. The number of rotatable bonds is 6. The SMILES string of the molecule is Cc1cc(C[C@@H](OC(=O)N2CCC(N3CCc4ccccc4NC3=O)CC2)C(=O)N2CCN(C3CCN(C)CC3)CC2)cc2cn[nH]c12. The lowest BCUT2D eigenvalue weighted by Crippen LogP contribution is -2.56. The number of H-pyrrole nitrogens is 1. The lowest BCUT2D eigenvalue weighted by molar-refractivity contribution is -0.143. The summed E-state index contributed by atoms with van der Waals surface area (Å²) in [5.41, 5.74) is 4.94. The van der Waals surface area contributed by atoms with Crippen molar-refractivity contribution in [3.05, 3.63) is 59.3 Å². The predicted molar refractivity (Wildman–Crippen MR) is 184 cm³/mol. The maximum absolute atomic E-state index is 14.1. The molecule has 7 rings (SSSR count). The van der Waals surface area contributed by atoms with Gasteiger partial charge in [-0.3, -0.25) is 14.8 Å². The van der Waals surface area contributed by atoms with E-state index in [1.165, 1.54) is 0 Å². The number of nitrogens with zero attached hydrogens (tertiary/aromatic N) is 6. The minimum atomic E-state index is -0.927. The van der Waals surface area contributed by atoms with Crippen LogP contribution in [0.5, 0.6) is 0 Å². The number of carbonyl (C=O) groups is 3. The summed E-state index contributed by atoms with van der Waals surface area (Å²) in [6.45, 7) is 8.75. The standard InChI is InChI=1S/C36H48N8O4/c1-25-21-26(22-28-24-37-39-33(25)28)23-32(34(45)42-19-17-41(18-20-42)29-8-12-40(2)13-9-29)48-36(47)43-14-10-30(11-15-43)44-16-7-27-5-3-4-6-31(27)38-35(44)46/h3-6,21-22,24,29-30,32H,7-20,23H2,1-2H3,(H,37,39)(H,38,46)/t32-/m1/s1. The van der Waals surface area contributed by atoms with Gasteiger partial charge < -0.3 is 29.7 Å². The lowest BCUT2D eigenvalue weighted by atomic mass is 10.0. The third-order valence-corrected chi connectivity index (χ3v) is 10.9. The van der Waals surface area contributed by atoms with Crippen LogP contribution in [-0.2, 0) is 22.4 Å². The number of anilines is 1. The number of likely N-dealkylation sites (tertiary alicyclic amines) is 2. The zero-order chi connectivity index (χ0) is 33.2. The first-order chi connectivity index (χ1) is 23.3. The lowest BCUT2D eigenvalue weighted by Gasteiger charge is -2.42. The number of hydrogen-bond acceptors (Lipinski definition) is 7. The van der Waals surface area contributed by atoms with Crippen molar-refractivity contribution in [3.63, 3.8) is 0 Å². The predicted octanol–water partition coefficient (Wildman–Crippen LogP) is 3.71. The number of fused-ring (bicyclic) bond motifs is 2. The number of carbonyl (C=O) groups excluding carboxylic acids is 3. The summed E-state index contributed by atoms with van der Waals surface area (Å²) in [5.74, 6) is -0.132. The first-order valence-corrected chi connectivity index (χ1v) is 17.6. The zero-order valence-corrected chi connectivity index (χ0v) is 28.2. The van der Waals surface area contributed by atoms with Gasteiger partial charge in [0.1, 0.15) is 0 Å². The fourth-order valence-corrected chi connectivity index (χ4v) is 7.99. The Morgan fingerprint density at radius 2 is 1.65 bits per heavy atom. The molecule has 1 atom stereocenters. The Kier molecular flexibility index (Phi) is 9.54. The van der Waals surface area contributed by atoms with E-state index in [1.54, 1.807) is 11.1 Å². The normalized spacial score (nSPS) is 21.1. The van der Waals surface area contributed by atoms with Crippen LogP contribution >= 0.6 is 0 Å². The molecule has 0 saturated carbocycles. The number of piperidine rings is 2. The van der Waals surface area contributed by atoms with Gasteiger partial charge in [-0.15, -0.1) is 0 Å². The van der Waals surface area contributed by atoms with Gasteiger partial charge in [-0.1, -0.05) is 24.3 Å². The molecule has 3 aromatic rings. The molecule has 12 heteroatoms. The maximum Gasteiger partial charge on any atom is 0.410 e. The van der Waals surface area contributed by atoms with Gasteiger partial charge in [0.05, 0.1) is 11.7 Å². The molecular weight excluding hydrogens is 608 g/mol. The van der Waals surface area contributed by atoms with Crippen LogP contribution in [0.3, 0.4) is 0 Å². The molecule has 0 radical (unpaired) electrons. The third-order valence-electron chi connectivity index (χ3n) is 10.9. The summed E-state index contributed by atoms with van der Waals surface area (Å²) in [7, 11) is 2.18. The molecule has 4 aliphatic rings.